The topological polar surface area (TPSA) is 74.5 Å². The zero-order valence-corrected chi connectivity index (χ0v) is 10.9. The fourth-order valence-corrected chi connectivity index (χ4v) is 2.51. The van der Waals surface area contributed by atoms with Gasteiger partial charge in [0, 0.05) is 18.6 Å². The quantitative estimate of drug-likeness (QED) is 0.569. The molecule has 0 atom stereocenters. The maximum atomic E-state index is 6.07. The van der Waals surface area contributed by atoms with Crippen LogP contribution < -0.4 is 5.73 Å². The number of para-hydroxylation sites is 1. The van der Waals surface area contributed by atoms with Crippen LogP contribution in [0.1, 0.15) is 0 Å². The highest BCUT2D eigenvalue weighted by Gasteiger charge is 2.14. The van der Waals surface area contributed by atoms with Crippen LogP contribution in [-0.4, -0.2) is 24.3 Å². The van der Waals surface area contributed by atoms with Crippen LogP contribution >= 0.6 is 0 Å². The van der Waals surface area contributed by atoms with Crippen LogP contribution in [-0.2, 0) is 7.05 Å². The molecule has 2 N–H and O–H groups in total. The first-order valence-electron chi connectivity index (χ1n) is 6.25. The molecule has 0 amide bonds. The summed E-state index contributed by atoms with van der Waals surface area (Å²) in [5, 5.41) is 5.22. The van der Waals surface area contributed by atoms with Gasteiger partial charge >= 0.3 is 0 Å². The Hall–Kier alpha value is -2.89. The molecule has 0 fully saturated rings. The minimum atomic E-state index is 0.436. The molecule has 0 saturated carbocycles. The van der Waals surface area contributed by atoms with Crippen LogP contribution in [0.15, 0.2) is 42.9 Å². The van der Waals surface area contributed by atoms with E-state index < -0.39 is 0 Å². The van der Waals surface area contributed by atoms with E-state index in [1.54, 1.807) is 17.1 Å². The monoisotopic (exact) mass is 264 g/mol. The molecule has 4 rings (SSSR count). The van der Waals surface area contributed by atoms with Gasteiger partial charge in [-0.15, -0.1) is 0 Å². The third-order valence-electron chi connectivity index (χ3n) is 3.36. The van der Waals surface area contributed by atoms with Crippen LogP contribution in [0.5, 0.6) is 0 Å². The normalized spacial score (nSPS) is 11.4. The second-order valence-electron chi connectivity index (χ2n) is 4.69. The van der Waals surface area contributed by atoms with E-state index in [0.717, 1.165) is 27.6 Å². The third-order valence-corrected chi connectivity index (χ3v) is 3.36. The van der Waals surface area contributed by atoms with Crippen molar-refractivity contribution in [2.45, 2.75) is 0 Å². The fourth-order valence-electron chi connectivity index (χ4n) is 2.51. The predicted molar refractivity (Wildman–Crippen MR) is 77.5 cm³/mol. The SMILES string of the molecule is Cn1cc(-n2c(N)nc3cnc4ccccc4c32)cn1. The first-order chi connectivity index (χ1) is 9.74. The summed E-state index contributed by atoms with van der Waals surface area (Å²) in [6, 6.07) is 7.96. The van der Waals surface area contributed by atoms with Crippen molar-refractivity contribution >= 4 is 27.9 Å². The lowest BCUT2D eigenvalue weighted by Crippen LogP contribution is -2.00. The Bertz CT molecular complexity index is 933. The fraction of sp³-hybridized carbons (Fsp3) is 0.0714. The minimum absolute atomic E-state index is 0.436. The highest BCUT2D eigenvalue weighted by atomic mass is 15.3. The largest absolute Gasteiger partial charge is 0.369 e. The summed E-state index contributed by atoms with van der Waals surface area (Å²) in [7, 11) is 1.87. The standard InChI is InChI=1S/C14H12N6/c1-19-8-9(6-17-19)20-13-10-4-2-3-5-11(10)16-7-12(13)18-14(20)15/h2-8H,1H3,(H2,15,18). The molecule has 0 spiro atoms. The summed E-state index contributed by atoms with van der Waals surface area (Å²) in [4.78, 5) is 8.80. The number of pyridine rings is 1. The average Bonchev–Trinajstić information content (AvgIpc) is 3.01. The van der Waals surface area contributed by atoms with Crippen LogP contribution in [0.2, 0.25) is 0 Å². The zero-order valence-electron chi connectivity index (χ0n) is 10.9. The van der Waals surface area contributed by atoms with Gasteiger partial charge < -0.3 is 5.73 Å². The molecule has 20 heavy (non-hydrogen) atoms. The Morgan fingerprint density at radius 1 is 1.10 bits per heavy atom. The molecule has 0 unspecified atom stereocenters. The number of aryl methyl sites for hydroxylation is 1. The first kappa shape index (κ1) is 11.0. The molecule has 0 aliphatic carbocycles. The average molecular weight is 264 g/mol. The molecule has 4 aromatic rings. The van der Waals surface area contributed by atoms with Crippen molar-refractivity contribution < 1.29 is 0 Å². The predicted octanol–water partition coefficient (Wildman–Crippen LogP) is 1.89. The van der Waals surface area contributed by atoms with E-state index in [2.05, 4.69) is 15.1 Å². The molecule has 0 saturated heterocycles. The van der Waals surface area contributed by atoms with Gasteiger partial charge in [-0.2, -0.15) is 5.10 Å². The van der Waals surface area contributed by atoms with Crippen molar-refractivity contribution in [3.05, 3.63) is 42.9 Å². The van der Waals surface area contributed by atoms with Crippen molar-refractivity contribution in [3.63, 3.8) is 0 Å². The Kier molecular flexibility index (Phi) is 2.09. The van der Waals surface area contributed by atoms with Gasteiger partial charge in [0.2, 0.25) is 5.95 Å². The molecule has 6 nitrogen and oxygen atoms in total. The maximum Gasteiger partial charge on any atom is 0.206 e. The molecular weight excluding hydrogens is 252 g/mol. The van der Waals surface area contributed by atoms with E-state index in [1.807, 2.05) is 42.1 Å². The van der Waals surface area contributed by atoms with Gasteiger partial charge in [-0.3, -0.25) is 14.2 Å². The number of rotatable bonds is 1. The van der Waals surface area contributed by atoms with Gasteiger partial charge in [-0.05, 0) is 6.07 Å². The summed E-state index contributed by atoms with van der Waals surface area (Å²) in [6.07, 6.45) is 5.43. The summed E-state index contributed by atoms with van der Waals surface area (Å²) >= 11 is 0. The van der Waals surface area contributed by atoms with Crippen molar-refractivity contribution in [1.82, 2.24) is 24.3 Å². The van der Waals surface area contributed by atoms with Crippen molar-refractivity contribution in [2.75, 3.05) is 5.73 Å². The van der Waals surface area contributed by atoms with E-state index in [0.29, 0.717) is 5.95 Å². The zero-order chi connectivity index (χ0) is 13.7. The second-order valence-corrected chi connectivity index (χ2v) is 4.69. The third kappa shape index (κ3) is 1.41. The van der Waals surface area contributed by atoms with Crippen molar-refractivity contribution in [2.24, 2.45) is 7.05 Å². The van der Waals surface area contributed by atoms with Gasteiger partial charge in [0.1, 0.15) is 5.52 Å². The number of nitrogen functional groups attached to an aromatic ring is 1. The Balaban J connectivity index is 2.19. The molecule has 0 aliphatic heterocycles. The molecule has 0 bridgehead atoms. The number of imidazole rings is 1. The lowest BCUT2D eigenvalue weighted by atomic mass is 10.2. The molecular formula is C14H12N6. The summed E-state index contributed by atoms with van der Waals surface area (Å²) in [5.74, 6) is 0.436. The molecule has 0 radical (unpaired) electrons. The minimum Gasteiger partial charge on any atom is -0.369 e. The van der Waals surface area contributed by atoms with Crippen molar-refractivity contribution in [1.29, 1.82) is 0 Å². The van der Waals surface area contributed by atoms with Crippen LogP contribution in [0, 0.1) is 0 Å². The highest BCUT2D eigenvalue weighted by Crippen LogP contribution is 2.28. The van der Waals surface area contributed by atoms with E-state index in [9.17, 15) is 0 Å². The smallest absolute Gasteiger partial charge is 0.206 e. The second kappa shape index (κ2) is 3.80. The van der Waals surface area contributed by atoms with Gasteiger partial charge in [0.15, 0.2) is 0 Å². The number of nitrogens with zero attached hydrogens (tertiary/aromatic N) is 5. The van der Waals surface area contributed by atoms with Crippen molar-refractivity contribution in [3.8, 4) is 5.69 Å². The van der Waals surface area contributed by atoms with Crippen LogP contribution in [0.25, 0.3) is 27.6 Å². The number of hydrogen-bond donors (Lipinski definition) is 1. The maximum absolute atomic E-state index is 6.07. The Morgan fingerprint density at radius 2 is 1.95 bits per heavy atom. The molecule has 0 aliphatic rings. The highest BCUT2D eigenvalue weighted by molar-refractivity contribution is 6.03. The number of anilines is 1. The summed E-state index contributed by atoms with van der Waals surface area (Å²) in [5.41, 5.74) is 9.63. The molecule has 3 aromatic heterocycles. The number of nitrogens with two attached hydrogens (primary N) is 1. The number of fused-ring (bicyclic) bond motifs is 3. The lowest BCUT2D eigenvalue weighted by molar-refractivity contribution is 0.767. The van der Waals surface area contributed by atoms with E-state index in [4.69, 9.17) is 5.73 Å². The van der Waals surface area contributed by atoms with Gasteiger partial charge in [0.05, 0.1) is 29.1 Å². The molecule has 3 heterocycles. The number of benzene rings is 1. The number of hydrogen-bond acceptors (Lipinski definition) is 4. The lowest BCUT2D eigenvalue weighted by Gasteiger charge is -2.05. The van der Waals surface area contributed by atoms with Gasteiger partial charge in [-0.1, -0.05) is 18.2 Å². The molecule has 1 aromatic carbocycles. The first-order valence-corrected chi connectivity index (χ1v) is 6.25. The number of aromatic nitrogens is 5. The summed E-state index contributed by atoms with van der Waals surface area (Å²) in [6.45, 7) is 0. The van der Waals surface area contributed by atoms with E-state index in [1.165, 1.54) is 0 Å². The molecule has 6 heteroatoms. The van der Waals surface area contributed by atoms with Gasteiger partial charge in [-0.25, -0.2) is 4.98 Å². The van der Waals surface area contributed by atoms with Crippen LogP contribution in [0.3, 0.4) is 0 Å². The van der Waals surface area contributed by atoms with Gasteiger partial charge in [0.25, 0.3) is 0 Å². The summed E-state index contributed by atoms with van der Waals surface area (Å²) < 4.78 is 3.65. The van der Waals surface area contributed by atoms with Crippen LogP contribution in [0.4, 0.5) is 5.95 Å². The Morgan fingerprint density at radius 3 is 2.75 bits per heavy atom. The molecule has 98 valence electrons. The van der Waals surface area contributed by atoms with E-state index in [-0.39, 0.29) is 0 Å². The Labute approximate surface area is 114 Å². The van der Waals surface area contributed by atoms with E-state index >= 15 is 0 Å².